The van der Waals surface area contributed by atoms with Crippen LogP contribution in [0.2, 0.25) is 0 Å². The molecule has 4 heteroatoms. The molecule has 0 heterocycles. The minimum absolute atomic E-state index is 0.0498. The molecule has 1 aromatic carbocycles. The van der Waals surface area contributed by atoms with E-state index in [9.17, 15) is 4.79 Å². The number of unbranched alkanes of at least 4 members (excludes halogenated alkanes) is 1. The molecule has 1 amide bonds. The van der Waals surface area contributed by atoms with Crippen molar-refractivity contribution in [3.8, 4) is 0 Å². The highest BCUT2D eigenvalue weighted by molar-refractivity contribution is 9.10. The van der Waals surface area contributed by atoms with Gasteiger partial charge in [-0.15, -0.1) is 12.6 Å². The third kappa shape index (κ3) is 3.87. The predicted octanol–water partition coefficient (Wildman–Crippen LogP) is 3.27. The fourth-order valence-electron chi connectivity index (χ4n) is 1.16. The Bertz CT molecular complexity index is 354. The van der Waals surface area contributed by atoms with Gasteiger partial charge in [-0.2, -0.15) is 0 Å². The Morgan fingerprint density at radius 3 is 2.93 bits per heavy atom. The largest absolute Gasteiger partial charge is 0.352 e. The van der Waals surface area contributed by atoms with Gasteiger partial charge in [-0.1, -0.05) is 13.3 Å². The van der Waals surface area contributed by atoms with Crippen molar-refractivity contribution in [2.45, 2.75) is 24.7 Å². The Morgan fingerprint density at radius 1 is 1.53 bits per heavy atom. The number of carbonyl (C=O) groups is 1. The van der Waals surface area contributed by atoms with E-state index >= 15 is 0 Å². The van der Waals surface area contributed by atoms with E-state index in [4.69, 9.17) is 0 Å². The van der Waals surface area contributed by atoms with Gasteiger partial charge in [-0.3, -0.25) is 4.79 Å². The molecule has 1 rings (SSSR count). The SMILES string of the molecule is CCCCNC(=O)c1cc(S)ccc1Br. The lowest BCUT2D eigenvalue weighted by Gasteiger charge is -2.06. The average molecular weight is 288 g/mol. The summed E-state index contributed by atoms with van der Waals surface area (Å²) in [5.41, 5.74) is 0.638. The first kappa shape index (κ1) is 12.6. The highest BCUT2D eigenvalue weighted by Gasteiger charge is 2.09. The normalized spacial score (nSPS) is 10.1. The smallest absolute Gasteiger partial charge is 0.252 e. The van der Waals surface area contributed by atoms with Gasteiger partial charge in [0, 0.05) is 15.9 Å². The van der Waals surface area contributed by atoms with Gasteiger partial charge in [0.05, 0.1) is 5.56 Å². The van der Waals surface area contributed by atoms with Gasteiger partial charge in [0.1, 0.15) is 0 Å². The number of benzene rings is 1. The summed E-state index contributed by atoms with van der Waals surface area (Å²) in [4.78, 5) is 12.5. The quantitative estimate of drug-likeness (QED) is 0.646. The first-order chi connectivity index (χ1) is 7.15. The van der Waals surface area contributed by atoms with Crippen molar-refractivity contribution in [2.24, 2.45) is 0 Å². The van der Waals surface area contributed by atoms with Gasteiger partial charge in [0.15, 0.2) is 0 Å². The third-order valence-electron chi connectivity index (χ3n) is 2.01. The molecular weight excluding hydrogens is 274 g/mol. The van der Waals surface area contributed by atoms with Crippen LogP contribution in [0, 0.1) is 0 Å². The number of halogens is 1. The molecule has 2 nitrogen and oxygen atoms in total. The van der Waals surface area contributed by atoms with Gasteiger partial charge in [-0.25, -0.2) is 0 Å². The monoisotopic (exact) mass is 287 g/mol. The van der Waals surface area contributed by atoms with Crippen molar-refractivity contribution in [3.63, 3.8) is 0 Å². The maximum Gasteiger partial charge on any atom is 0.252 e. The van der Waals surface area contributed by atoms with E-state index in [1.165, 1.54) is 0 Å². The molecule has 0 aliphatic heterocycles. The zero-order valence-electron chi connectivity index (χ0n) is 8.59. The van der Waals surface area contributed by atoms with Crippen LogP contribution in [0.5, 0.6) is 0 Å². The Kier molecular flexibility index (Phi) is 5.19. The first-order valence-corrected chi connectivity index (χ1v) is 6.16. The van der Waals surface area contributed by atoms with E-state index in [1.807, 2.05) is 12.1 Å². The van der Waals surface area contributed by atoms with E-state index in [0.717, 1.165) is 28.8 Å². The van der Waals surface area contributed by atoms with Crippen LogP contribution in [0.25, 0.3) is 0 Å². The molecule has 0 aliphatic carbocycles. The summed E-state index contributed by atoms with van der Waals surface area (Å²) in [7, 11) is 0. The van der Waals surface area contributed by atoms with Crippen LogP contribution in [-0.4, -0.2) is 12.5 Å². The molecule has 0 atom stereocenters. The number of rotatable bonds is 4. The molecule has 15 heavy (non-hydrogen) atoms. The Morgan fingerprint density at radius 2 is 2.27 bits per heavy atom. The average Bonchev–Trinajstić information content (AvgIpc) is 2.22. The lowest BCUT2D eigenvalue weighted by Crippen LogP contribution is -2.24. The summed E-state index contributed by atoms with van der Waals surface area (Å²) >= 11 is 7.55. The molecule has 0 saturated heterocycles. The second kappa shape index (κ2) is 6.18. The molecule has 0 unspecified atom stereocenters. The molecule has 0 fully saturated rings. The topological polar surface area (TPSA) is 29.1 Å². The molecule has 0 bridgehead atoms. The Labute approximate surface area is 104 Å². The first-order valence-electron chi connectivity index (χ1n) is 4.92. The Hall–Kier alpha value is -0.480. The van der Waals surface area contributed by atoms with Crippen molar-refractivity contribution in [2.75, 3.05) is 6.54 Å². The minimum atomic E-state index is -0.0498. The molecule has 1 N–H and O–H groups in total. The highest BCUT2D eigenvalue weighted by Crippen LogP contribution is 2.19. The fourth-order valence-corrected chi connectivity index (χ4v) is 1.79. The molecule has 0 spiro atoms. The van der Waals surface area contributed by atoms with Gasteiger partial charge in [0.25, 0.3) is 5.91 Å². The molecule has 82 valence electrons. The molecule has 0 saturated carbocycles. The van der Waals surface area contributed by atoms with Crippen molar-refractivity contribution >= 4 is 34.5 Å². The number of nitrogens with one attached hydrogen (secondary N) is 1. The number of thiol groups is 1. The van der Waals surface area contributed by atoms with E-state index in [0.29, 0.717) is 5.56 Å². The van der Waals surface area contributed by atoms with Gasteiger partial charge < -0.3 is 5.32 Å². The summed E-state index contributed by atoms with van der Waals surface area (Å²) in [5.74, 6) is -0.0498. The van der Waals surface area contributed by atoms with E-state index in [2.05, 4.69) is 40.8 Å². The van der Waals surface area contributed by atoms with Gasteiger partial charge in [0.2, 0.25) is 0 Å². The van der Waals surface area contributed by atoms with Crippen molar-refractivity contribution in [1.29, 1.82) is 0 Å². The van der Waals surface area contributed by atoms with Crippen LogP contribution in [0.3, 0.4) is 0 Å². The van der Waals surface area contributed by atoms with Crippen LogP contribution in [-0.2, 0) is 0 Å². The molecule has 0 aromatic heterocycles. The van der Waals surface area contributed by atoms with E-state index in [-0.39, 0.29) is 5.91 Å². The summed E-state index contributed by atoms with van der Waals surface area (Å²) < 4.78 is 0.800. The van der Waals surface area contributed by atoms with E-state index in [1.54, 1.807) is 6.07 Å². The standard InChI is InChI=1S/C11H14BrNOS/c1-2-3-6-13-11(14)9-7-8(15)4-5-10(9)12/h4-5,7,15H,2-3,6H2,1H3,(H,13,14). The lowest BCUT2D eigenvalue weighted by molar-refractivity contribution is 0.0952. The summed E-state index contributed by atoms with van der Waals surface area (Å²) in [5, 5.41) is 2.87. The van der Waals surface area contributed by atoms with Crippen LogP contribution in [0.15, 0.2) is 27.6 Å². The number of hydrogen-bond donors (Lipinski definition) is 2. The molecule has 0 radical (unpaired) electrons. The number of carbonyl (C=O) groups excluding carboxylic acids is 1. The highest BCUT2D eigenvalue weighted by atomic mass is 79.9. The molecule has 1 aromatic rings. The van der Waals surface area contributed by atoms with Crippen molar-refractivity contribution in [3.05, 3.63) is 28.2 Å². The minimum Gasteiger partial charge on any atom is -0.352 e. The Balaban J connectivity index is 2.68. The van der Waals surface area contributed by atoms with E-state index < -0.39 is 0 Å². The predicted molar refractivity (Wildman–Crippen MR) is 68.6 cm³/mol. The molecule has 0 aliphatic rings. The fraction of sp³-hybridized carbons (Fsp3) is 0.364. The summed E-state index contributed by atoms with van der Waals surface area (Å²) in [6.07, 6.45) is 2.08. The second-order valence-corrected chi connectivity index (χ2v) is 4.64. The maximum absolute atomic E-state index is 11.7. The van der Waals surface area contributed by atoms with Gasteiger partial charge >= 0.3 is 0 Å². The zero-order valence-corrected chi connectivity index (χ0v) is 11.1. The van der Waals surface area contributed by atoms with Crippen LogP contribution >= 0.6 is 28.6 Å². The lowest BCUT2D eigenvalue weighted by atomic mass is 10.2. The maximum atomic E-state index is 11.7. The molecular formula is C11H14BrNOS. The second-order valence-electron chi connectivity index (χ2n) is 3.27. The third-order valence-corrected chi connectivity index (χ3v) is 2.98. The van der Waals surface area contributed by atoms with Gasteiger partial charge in [-0.05, 0) is 40.5 Å². The number of hydrogen-bond acceptors (Lipinski definition) is 2. The summed E-state index contributed by atoms with van der Waals surface area (Å²) in [6.45, 7) is 2.81. The zero-order chi connectivity index (χ0) is 11.3. The van der Waals surface area contributed by atoms with Crippen molar-refractivity contribution in [1.82, 2.24) is 5.32 Å². The van der Waals surface area contributed by atoms with Crippen LogP contribution in [0.4, 0.5) is 0 Å². The van der Waals surface area contributed by atoms with Crippen LogP contribution < -0.4 is 5.32 Å². The van der Waals surface area contributed by atoms with Crippen molar-refractivity contribution < 1.29 is 4.79 Å². The summed E-state index contributed by atoms with van der Waals surface area (Å²) in [6, 6.07) is 5.43. The number of amides is 1. The van der Waals surface area contributed by atoms with Crippen LogP contribution in [0.1, 0.15) is 30.1 Å².